The molecule has 6 nitrogen and oxygen atoms in total. The Morgan fingerprint density at radius 2 is 1.55 bits per heavy atom. The van der Waals surface area contributed by atoms with Crippen molar-refractivity contribution in [2.45, 2.75) is 54.5 Å². The summed E-state index contributed by atoms with van der Waals surface area (Å²) in [5.74, 6) is -1.05. The van der Waals surface area contributed by atoms with Crippen LogP contribution in [0.3, 0.4) is 0 Å². The Hall–Kier alpha value is -1.87. The lowest BCUT2D eigenvalue weighted by atomic mass is 10.1. The number of rotatable bonds is 8. The maximum atomic E-state index is 12.9. The van der Waals surface area contributed by atoms with Crippen LogP contribution in [-0.4, -0.2) is 37.3 Å². The second-order valence-electron chi connectivity index (χ2n) is 7.35. The van der Waals surface area contributed by atoms with Gasteiger partial charge in [0.15, 0.2) is 0 Å². The standard InChI is InChI=1S/C23H31N3O3S2/c1-5-17-18(6-2)29-23(28-17,15-10-12-16(24)13-11-15)14-25-22(27)26-21-19(30-3)8-7-9-20(21)31-4/h7-13,17-18H,5-6,14,24H2,1-4H3,(H2,25,26,27)/t17-,18-/m1/s1. The number of nitrogens with two attached hydrogens (primary N) is 1. The Balaban J connectivity index is 1.80. The van der Waals surface area contributed by atoms with Gasteiger partial charge in [0.2, 0.25) is 5.79 Å². The Kier molecular flexibility index (Phi) is 8.16. The number of urea groups is 1. The Morgan fingerprint density at radius 3 is 2.03 bits per heavy atom. The highest BCUT2D eigenvalue weighted by Crippen LogP contribution is 2.40. The van der Waals surface area contributed by atoms with Gasteiger partial charge in [-0.15, -0.1) is 23.5 Å². The van der Waals surface area contributed by atoms with Gasteiger partial charge in [-0.3, -0.25) is 0 Å². The quantitative estimate of drug-likeness (QED) is 0.366. The number of carbonyl (C=O) groups excluding carboxylic acids is 1. The van der Waals surface area contributed by atoms with E-state index < -0.39 is 5.79 Å². The molecule has 168 valence electrons. The van der Waals surface area contributed by atoms with Crippen molar-refractivity contribution in [3.63, 3.8) is 0 Å². The SMILES string of the molecule is CC[C@H]1OC(CNC(=O)Nc2c(SC)cccc2SC)(c2ccc(N)cc2)O[C@@H]1CC. The van der Waals surface area contributed by atoms with Crippen LogP contribution in [0, 0.1) is 0 Å². The normalized spacial score (nSPS) is 19.9. The van der Waals surface area contributed by atoms with E-state index in [0.717, 1.165) is 33.9 Å². The lowest BCUT2D eigenvalue weighted by Crippen LogP contribution is -2.44. The van der Waals surface area contributed by atoms with Gasteiger partial charge < -0.3 is 25.8 Å². The molecule has 0 aromatic heterocycles. The molecule has 1 heterocycles. The minimum atomic E-state index is -1.05. The lowest BCUT2D eigenvalue weighted by Gasteiger charge is -2.29. The van der Waals surface area contributed by atoms with Crippen LogP contribution in [0.4, 0.5) is 16.2 Å². The fourth-order valence-electron chi connectivity index (χ4n) is 3.75. The van der Waals surface area contributed by atoms with Crippen molar-refractivity contribution in [1.29, 1.82) is 0 Å². The maximum absolute atomic E-state index is 12.9. The summed E-state index contributed by atoms with van der Waals surface area (Å²) in [6.07, 6.45) is 5.59. The summed E-state index contributed by atoms with van der Waals surface area (Å²) >= 11 is 3.19. The molecule has 2 aromatic rings. The summed E-state index contributed by atoms with van der Waals surface area (Å²) in [5, 5.41) is 5.98. The van der Waals surface area contributed by atoms with E-state index >= 15 is 0 Å². The second-order valence-corrected chi connectivity index (χ2v) is 9.05. The summed E-state index contributed by atoms with van der Waals surface area (Å²) in [5.41, 5.74) is 8.19. The van der Waals surface area contributed by atoms with Gasteiger partial charge in [0.1, 0.15) is 0 Å². The highest BCUT2D eigenvalue weighted by molar-refractivity contribution is 7.99. The highest BCUT2D eigenvalue weighted by atomic mass is 32.2. The number of anilines is 2. The van der Waals surface area contributed by atoms with E-state index in [-0.39, 0.29) is 24.8 Å². The van der Waals surface area contributed by atoms with Gasteiger partial charge >= 0.3 is 6.03 Å². The molecule has 8 heteroatoms. The smallest absolute Gasteiger partial charge is 0.319 e. The number of hydrogen-bond acceptors (Lipinski definition) is 6. The molecule has 1 aliphatic rings. The summed E-state index contributed by atoms with van der Waals surface area (Å²) in [6, 6.07) is 13.1. The number of nitrogen functional groups attached to an aromatic ring is 1. The molecule has 0 spiro atoms. The molecule has 1 saturated heterocycles. The van der Waals surface area contributed by atoms with E-state index in [1.807, 2.05) is 55.0 Å². The Labute approximate surface area is 193 Å². The van der Waals surface area contributed by atoms with Gasteiger partial charge in [-0.1, -0.05) is 32.0 Å². The molecule has 3 rings (SSSR count). The molecule has 2 amide bonds. The van der Waals surface area contributed by atoms with Crippen LogP contribution >= 0.6 is 23.5 Å². The topological polar surface area (TPSA) is 85.6 Å². The Bertz CT molecular complexity index is 858. The second kappa shape index (κ2) is 10.6. The molecule has 0 radical (unpaired) electrons. The van der Waals surface area contributed by atoms with Crippen molar-refractivity contribution in [3.8, 4) is 0 Å². The predicted molar refractivity (Wildman–Crippen MR) is 130 cm³/mol. The van der Waals surface area contributed by atoms with Gasteiger partial charge in [0.05, 0.1) is 24.4 Å². The number of nitrogens with one attached hydrogen (secondary N) is 2. The van der Waals surface area contributed by atoms with E-state index in [4.69, 9.17) is 15.2 Å². The third kappa shape index (κ3) is 5.31. The fraction of sp³-hybridized carbons (Fsp3) is 0.435. The van der Waals surface area contributed by atoms with Crippen LogP contribution in [0.25, 0.3) is 0 Å². The number of hydrogen-bond donors (Lipinski definition) is 3. The molecule has 2 atom stereocenters. The van der Waals surface area contributed by atoms with Crippen molar-refractivity contribution in [1.82, 2.24) is 5.32 Å². The number of thioether (sulfide) groups is 2. The molecule has 1 fully saturated rings. The number of benzene rings is 2. The molecular formula is C23H31N3O3S2. The molecule has 31 heavy (non-hydrogen) atoms. The first-order valence-electron chi connectivity index (χ1n) is 10.4. The predicted octanol–water partition coefficient (Wildman–Crippen LogP) is 5.29. The zero-order valence-corrected chi connectivity index (χ0v) is 20.1. The Morgan fingerprint density at radius 1 is 1.00 bits per heavy atom. The molecule has 0 bridgehead atoms. The molecule has 1 aliphatic heterocycles. The van der Waals surface area contributed by atoms with Gasteiger partial charge in [-0.25, -0.2) is 4.79 Å². The van der Waals surface area contributed by atoms with Crippen LogP contribution in [0.15, 0.2) is 52.3 Å². The molecule has 2 aromatic carbocycles. The third-order valence-electron chi connectivity index (χ3n) is 5.40. The van der Waals surface area contributed by atoms with Gasteiger partial charge in [0, 0.05) is 21.0 Å². The number of ether oxygens (including phenoxy) is 2. The fourth-order valence-corrected chi connectivity index (χ4v) is 4.97. The van der Waals surface area contributed by atoms with Crippen LogP contribution in [-0.2, 0) is 15.3 Å². The molecular weight excluding hydrogens is 430 g/mol. The van der Waals surface area contributed by atoms with E-state index in [0.29, 0.717) is 5.69 Å². The van der Waals surface area contributed by atoms with Crippen LogP contribution < -0.4 is 16.4 Å². The van der Waals surface area contributed by atoms with Crippen LogP contribution in [0.5, 0.6) is 0 Å². The summed E-state index contributed by atoms with van der Waals surface area (Å²) in [4.78, 5) is 14.9. The van der Waals surface area contributed by atoms with E-state index in [1.165, 1.54) is 0 Å². The van der Waals surface area contributed by atoms with E-state index in [1.54, 1.807) is 23.5 Å². The molecule has 0 unspecified atom stereocenters. The van der Waals surface area contributed by atoms with Gasteiger partial charge in [-0.2, -0.15) is 0 Å². The first kappa shape index (κ1) is 23.8. The van der Waals surface area contributed by atoms with Gasteiger partial charge in [-0.05, 0) is 49.6 Å². The molecule has 0 saturated carbocycles. The minimum absolute atomic E-state index is 0.0345. The number of para-hydroxylation sites is 1. The zero-order valence-electron chi connectivity index (χ0n) is 18.4. The van der Waals surface area contributed by atoms with Crippen molar-refractivity contribution in [3.05, 3.63) is 48.0 Å². The third-order valence-corrected chi connectivity index (χ3v) is 6.96. The first-order valence-corrected chi connectivity index (χ1v) is 12.9. The molecule has 4 N–H and O–H groups in total. The van der Waals surface area contributed by atoms with Crippen molar-refractivity contribution < 1.29 is 14.3 Å². The molecule has 0 aliphatic carbocycles. The summed E-state index contributed by atoms with van der Waals surface area (Å²) < 4.78 is 12.8. The average Bonchev–Trinajstić information content (AvgIpc) is 3.17. The maximum Gasteiger partial charge on any atom is 0.319 e. The van der Waals surface area contributed by atoms with Crippen LogP contribution in [0.1, 0.15) is 32.3 Å². The van der Waals surface area contributed by atoms with Crippen LogP contribution in [0.2, 0.25) is 0 Å². The highest BCUT2D eigenvalue weighted by Gasteiger charge is 2.47. The minimum Gasteiger partial charge on any atom is -0.399 e. The summed E-state index contributed by atoms with van der Waals surface area (Å²) in [6.45, 7) is 4.35. The number of carbonyl (C=O) groups is 1. The van der Waals surface area contributed by atoms with Crippen molar-refractivity contribution in [2.24, 2.45) is 0 Å². The first-order chi connectivity index (χ1) is 15.0. The van der Waals surface area contributed by atoms with Crippen molar-refractivity contribution >= 4 is 40.9 Å². The summed E-state index contributed by atoms with van der Waals surface area (Å²) in [7, 11) is 0. The van der Waals surface area contributed by atoms with Gasteiger partial charge in [0.25, 0.3) is 0 Å². The van der Waals surface area contributed by atoms with E-state index in [2.05, 4.69) is 24.5 Å². The largest absolute Gasteiger partial charge is 0.399 e. The van der Waals surface area contributed by atoms with E-state index in [9.17, 15) is 4.79 Å². The number of amides is 2. The monoisotopic (exact) mass is 461 g/mol. The zero-order chi connectivity index (χ0) is 22.4. The van der Waals surface area contributed by atoms with Crippen molar-refractivity contribution in [2.75, 3.05) is 30.1 Å². The lowest BCUT2D eigenvalue weighted by molar-refractivity contribution is -0.179. The average molecular weight is 462 g/mol.